The number of hydrogen-bond acceptors (Lipinski definition) is 3. The fourth-order valence-corrected chi connectivity index (χ4v) is 1.62. The molecule has 0 unspecified atom stereocenters. The number of ether oxygens (including phenoxy) is 2. The highest BCUT2D eigenvalue weighted by atomic mass is 16.7. The number of carbonyl (C=O) groups excluding carboxylic acids is 1. The first-order valence-corrected chi connectivity index (χ1v) is 6.77. The van der Waals surface area contributed by atoms with Crippen LogP contribution in [0.5, 0.6) is 0 Å². The van der Waals surface area contributed by atoms with Crippen molar-refractivity contribution in [2.75, 3.05) is 27.1 Å². The van der Waals surface area contributed by atoms with Crippen LogP contribution in [0.3, 0.4) is 0 Å². The monoisotopic (exact) mass is 287 g/mol. The fourth-order valence-electron chi connectivity index (χ4n) is 1.62. The van der Waals surface area contributed by atoms with Crippen LogP contribution in [0.1, 0.15) is 12.5 Å². The third kappa shape index (κ3) is 7.31. The zero-order valence-corrected chi connectivity index (χ0v) is 12.5. The highest BCUT2D eigenvalue weighted by Gasteiger charge is 2.09. The molecule has 112 valence electrons. The molecular formula is C17H21NO3. The summed E-state index contributed by atoms with van der Waals surface area (Å²) in [6.45, 7) is 3.36. The largest absolute Gasteiger partial charge is 0.359 e. The molecule has 4 nitrogen and oxygen atoms in total. The number of hydrogen-bond donors (Lipinski definition) is 0. The van der Waals surface area contributed by atoms with E-state index in [1.54, 1.807) is 4.90 Å². The molecule has 0 radical (unpaired) electrons. The summed E-state index contributed by atoms with van der Waals surface area (Å²) in [6, 6.07) is 9.85. The van der Waals surface area contributed by atoms with Gasteiger partial charge in [-0.05, 0) is 18.4 Å². The quantitative estimate of drug-likeness (QED) is 0.334. The van der Waals surface area contributed by atoms with Gasteiger partial charge in [-0.3, -0.25) is 4.79 Å². The summed E-state index contributed by atoms with van der Waals surface area (Å²) in [5.41, 5.74) is 1.08. The maximum Gasteiger partial charge on any atom is 0.299 e. The second kappa shape index (κ2) is 10.7. The van der Waals surface area contributed by atoms with Crippen molar-refractivity contribution in [1.29, 1.82) is 0 Å². The molecule has 0 aliphatic carbocycles. The summed E-state index contributed by atoms with van der Waals surface area (Å²) in [5.74, 6) is 5.08. The first-order valence-electron chi connectivity index (χ1n) is 6.77. The molecule has 0 N–H and O–H groups in total. The van der Waals surface area contributed by atoms with E-state index in [0.717, 1.165) is 5.56 Å². The lowest BCUT2D eigenvalue weighted by molar-refractivity contribution is -0.125. The average Bonchev–Trinajstić information content (AvgIpc) is 2.52. The fraction of sp³-hybridized carbons (Fsp3) is 0.353. The van der Waals surface area contributed by atoms with Crippen molar-refractivity contribution in [1.82, 2.24) is 4.90 Å². The number of carbonyl (C=O) groups is 1. The zero-order valence-electron chi connectivity index (χ0n) is 12.5. The van der Waals surface area contributed by atoms with Crippen LogP contribution < -0.4 is 0 Å². The topological polar surface area (TPSA) is 38.8 Å². The number of allylic oxidation sites excluding steroid dienone is 1. The highest BCUT2D eigenvalue weighted by Crippen LogP contribution is 2.04. The summed E-state index contributed by atoms with van der Waals surface area (Å²) >= 11 is 0. The molecule has 0 aliphatic rings. The summed E-state index contributed by atoms with van der Waals surface area (Å²) < 4.78 is 9.77. The highest BCUT2D eigenvalue weighted by molar-refractivity contribution is 5.93. The Kier molecular flexibility index (Phi) is 8.62. The van der Waals surface area contributed by atoms with Crippen LogP contribution in [0, 0.1) is 11.8 Å². The van der Waals surface area contributed by atoms with Gasteiger partial charge in [0.25, 0.3) is 5.91 Å². The Labute approximate surface area is 126 Å². The van der Waals surface area contributed by atoms with Crippen molar-refractivity contribution in [2.45, 2.75) is 13.5 Å². The van der Waals surface area contributed by atoms with E-state index < -0.39 is 0 Å². The van der Waals surface area contributed by atoms with Gasteiger partial charge < -0.3 is 14.4 Å². The van der Waals surface area contributed by atoms with E-state index >= 15 is 0 Å². The molecule has 0 fully saturated rings. The van der Waals surface area contributed by atoms with Gasteiger partial charge in [0.05, 0.1) is 0 Å². The number of nitrogens with zero attached hydrogens (tertiary/aromatic N) is 1. The Hall–Kier alpha value is -2.09. The van der Waals surface area contributed by atoms with Gasteiger partial charge in [-0.15, -0.1) is 0 Å². The van der Waals surface area contributed by atoms with Crippen LogP contribution in [0.2, 0.25) is 0 Å². The smallest absolute Gasteiger partial charge is 0.299 e. The van der Waals surface area contributed by atoms with Gasteiger partial charge in [-0.25, -0.2) is 0 Å². The van der Waals surface area contributed by atoms with Crippen LogP contribution in [-0.2, 0) is 20.8 Å². The molecule has 0 heterocycles. The van der Waals surface area contributed by atoms with Gasteiger partial charge in [0.15, 0.2) is 0 Å². The van der Waals surface area contributed by atoms with Crippen molar-refractivity contribution < 1.29 is 14.3 Å². The number of benzene rings is 1. The van der Waals surface area contributed by atoms with E-state index in [-0.39, 0.29) is 19.3 Å². The molecule has 0 saturated carbocycles. The Balaban J connectivity index is 2.61. The molecule has 0 atom stereocenters. The Morgan fingerprint density at radius 1 is 1.33 bits per heavy atom. The number of amides is 1. The lowest BCUT2D eigenvalue weighted by Gasteiger charge is -2.18. The van der Waals surface area contributed by atoms with Gasteiger partial charge in [0, 0.05) is 20.2 Å². The Bertz CT molecular complexity index is 500. The van der Waals surface area contributed by atoms with Crippen molar-refractivity contribution >= 4 is 5.91 Å². The Morgan fingerprint density at radius 3 is 2.76 bits per heavy atom. The second-order valence-corrected chi connectivity index (χ2v) is 4.30. The average molecular weight is 287 g/mol. The molecule has 1 rings (SSSR count). The van der Waals surface area contributed by atoms with Gasteiger partial charge >= 0.3 is 0 Å². The zero-order chi connectivity index (χ0) is 15.3. The summed E-state index contributed by atoms with van der Waals surface area (Å²) in [4.78, 5) is 13.8. The van der Waals surface area contributed by atoms with E-state index in [1.165, 1.54) is 7.11 Å². The summed E-state index contributed by atoms with van der Waals surface area (Å²) in [6.07, 6.45) is 3.85. The summed E-state index contributed by atoms with van der Waals surface area (Å²) in [7, 11) is 1.54. The summed E-state index contributed by atoms with van der Waals surface area (Å²) in [5, 5.41) is 0. The first kappa shape index (κ1) is 17.0. The second-order valence-electron chi connectivity index (χ2n) is 4.30. The SMILES string of the molecule is C/C=C\CN(Cc1ccccc1)C(=O)C#CCOCOC. The van der Waals surface area contributed by atoms with Crippen molar-refractivity contribution in [2.24, 2.45) is 0 Å². The Morgan fingerprint density at radius 2 is 2.10 bits per heavy atom. The molecule has 1 aromatic rings. The first-order chi connectivity index (χ1) is 10.3. The van der Waals surface area contributed by atoms with Gasteiger partial charge in [-0.1, -0.05) is 48.4 Å². The van der Waals surface area contributed by atoms with Crippen molar-refractivity contribution in [3.63, 3.8) is 0 Å². The molecule has 0 bridgehead atoms. The molecule has 1 amide bonds. The lowest BCUT2D eigenvalue weighted by atomic mass is 10.2. The minimum absolute atomic E-state index is 0.176. The minimum atomic E-state index is -0.210. The lowest BCUT2D eigenvalue weighted by Crippen LogP contribution is -2.29. The molecule has 0 saturated heterocycles. The minimum Gasteiger partial charge on any atom is -0.359 e. The van der Waals surface area contributed by atoms with Crippen LogP contribution in [0.25, 0.3) is 0 Å². The van der Waals surface area contributed by atoms with E-state index in [4.69, 9.17) is 9.47 Å². The number of methoxy groups -OCH3 is 1. The molecular weight excluding hydrogens is 266 g/mol. The van der Waals surface area contributed by atoms with Crippen LogP contribution >= 0.6 is 0 Å². The van der Waals surface area contributed by atoms with E-state index in [2.05, 4.69) is 11.8 Å². The van der Waals surface area contributed by atoms with E-state index in [9.17, 15) is 4.79 Å². The maximum atomic E-state index is 12.1. The van der Waals surface area contributed by atoms with Crippen molar-refractivity contribution in [3.05, 3.63) is 48.0 Å². The molecule has 0 aliphatic heterocycles. The molecule has 21 heavy (non-hydrogen) atoms. The van der Waals surface area contributed by atoms with Crippen LogP contribution in [0.15, 0.2) is 42.5 Å². The molecule has 0 spiro atoms. The normalized spacial score (nSPS) is 10.2. The van der Waals surface area contributed by atoms with Gasteiger partial charge in [0.1, 0.15) is 13.4 Å². The molecule has 1 aromatic carbocycles. The third-order valence-corrected chi connectivity index (χ3v) is 2.64. The molecule has 4 heteroatoms. The van der Waals surface area contributed by atoms with E-state index in [0.29, 0.717) is 13.1 Å². The predicted octanol–water partition coefficient (Wildman–Crippen LogP) is 2.22. The number of rotatable bonds is 7. The van der Waals surface area contributed by atoms with Crippen LogP contribution in [0.4, 0.5) is 0 Å². The maximum absolute atomic E-state index is 12.1. The van der Waals surface area contributed by atoms with E-state index in [1.807, 2.05) is 49.4 Å². The van der Waals surface area contributed by atoms with Gasteiger partial charge in [-0.2, -0.15) is 0 Å². The predicted molar refractivity (Wildman–Crippen MR) is 82.3 cm³/mol. The van der Waals surface area contributed by atoms with Gasteiger partial charge in [0.2, 0.25) is 0 Å². The third-order valence-electron chi connectivity index (χ3n) is 2.64. The standard InChI is InChI=1S/C17H21NO3/c1-3-4-12-18(14-16-9-6-5-7-10-16)17(19)11-8-13-21-15-20-2/h3-7,9-10H,12-15H2,1-2H3/b4-3-. The van der Waals surface area contributed by atoms with Crippen LogP contribution in [-0.4, -0.2) is 37.9 Å². The van der Waals surface area contributed by atoms with Crippen molar-refractivity contribution in [3.8, 4) is 11.8 Å². The molecule has 0 aromatic heterocycles.